The number of morpholine rings is 1. The molecule has 3 saturated heterocycles. The van der Waals surface area contributed by atoms with E-state index < -0.39 is 0 Å². The van der Waals surface area contributed by atoms with Crippen molar-refractivity contribution in [2.45, 2.75) is 25.2 Å². The van der Waals surface area contributed by atoms with Crippen LogP contribution in [-0.2, 0) is 9.53 Å². The number of nitrogens with zero attached hydrogens (tertiary/aromatic N) is 3. The molecule has 3 amide bonds. The number of rotatable bonds is 1. The molecule has 1 atom stereocenters. The van der Waals surface area contributed by atoms with Gasteiger partial charge in [-0.2, -0.15) is 0 Å². The Morgan fingerprint density at radius 2 is 1.67 bits per heavy atom. The van der Waals surface area contributed by atoms with Crippen LogP contribution in [-0.4, -0.2) is 79.6 Å². The molecule has 3 aliphatic rings. The number of hydrogen-bond donors (Lipinski definition) is 0. The van der Waals surface area contributed by atoms with Crippen LogP contribution in [0.15, 0.2) is 30.3 Å². The first kappa shape index (κ1) is 18.3. The fraction of sp³-hybridized carbons (Fsp3) is 0.619. The fourth-order valence-electron chi connectivity index (χ4n) is 4.87. The summed E-state index contributed by atoms with van der Waals surface area (Å²) >= 11 is 0. The number of ether oxygens (including phenoxy) is 1. The molecular weight excluding hydrogens is 342 g/mol. The highest BCUT2D eigenvalue weighted by molar-refractivity contribution is 5.84. The molecule has 3 fully saturated rings. The third kappa shape index (κ3) is 3.68. The fourth-order valence-corrected chi connectivity index (χ4v) is 4.87. The summed E-state index contributed by atoms with van der Waals surface area (Å²) in [6, 6.07) is 10.3. The lowest BCUT2D eigenvalue weighted by molar-refractivity contribution is -0.139. The van der Waals surface area contributed by atoms with E-state index in [2.05, 4.69) is 12.1 Å². The van der Waals surface area contributed by atoms with Crippen molar-refractivity contribution in [3.05, 3.63) is 35.9 Å². The lowest BCUT2D eigenvalue weighted by Gasteiger charge is -2.49. The van der Waals surface area contributed by atoms with E-state index in [1.54, 1.807) is 0 Å². The number of carbonyl (C=O) groups excluding carboxylic acids is 2. The van der Waals surface area contributed by atoms with Crippen molar-refractivity contribution in [2.75, 3.05) is 53.0 Å². The molecule has 3 aliphatic heterocycles. The average Bonchev–Trinajstić information content (AvgIpc) is 2.72. The number of likely N-dealkylation sites (tertiary alicyclic amines) is 2. The second-order valence-corrected chi connectivity index (χ2v) is 8.23. The molecule has 1 aromatic carbocycles. The topological polar surface area (TPSA) is 53.1 Å². The molecule has 6 heteroatoms. The minimum Gasteiger partial charge on any atom is -0.378 e. The van der Waals surface area contributed by atoms with Gasteiger partial charge in [0.25, 0.3) is 0 Å². The molecule has 4 rings (SSSR count). The van der Waals surface area contributed by atoms with Crippen LogP contribution < -0.4 is 0 Å². The van der Waals surface area contributed by atoms with Crippen LogP contribution in [0.2, 0.25) is 0 Å². The van der Waals surface area contributed by atoms with Crippen molar-refractivity contribution in [1.82, 2.24) is 14.7 Å². The van der Waals surface area contributed by atoms with Crippen molar-refractivity contribution in [1.29, 1.82) is 0 Å². The molecule has 0 radical (unpaired) electrons. The van der Waals surface area contributed by atoms with Gasteiger partial charge in [-0.25, -0.2) is 4.79 Å². The molecule has 0 saturated carbocycles. The molecule has 0 aromatic heterocycles. The summed E-state index contributed by atoms with van der Waals surface area (Å²) in [6.07, 6.45) is 2.81. The standard InChI is InChI=1S/C21H29N3O3/c1-22-16-21(15-18(19(22)25)17-5-3-2-4-6-17)7-9-23(10-8-21)20(26)24-11-13-27-14-12-24/h2-6,18H,7-16H2,1H3/t18-/m0/s1. The van der Waals surface area contributed by atoms with Crippen molar-refractivity contribution in [3.63, 3.8) is 0 Å². The predicted octanol–water partition coefficient (Wildman–Crippen LogP) is 2.17. The highest BCUT2D eigenvalue weighted by atomic mass is 16.5. The maximum Gasteiger partial charge on any atom is 0.320 e. The second-order valence-electron chi connectivity index (χ2n) is 8.23. The molecule has 3 heterocycles. The van der Waals surface area contributed by atoms with Gasteiger partial charge in [0.15, 0.2) is 0 Å². The first-order chi connectivity index (χ1) is 13.1. The van der Waals surface area contributed by atoms with Crippen LogP contribution in [0.3, 0.4) is 0 Å². The zero-order valence-electron chi connectivity index (χ0n) is 16.1. The van der Waals surface area contributed by atoms with Gasteiger partial charge < -0.3 is 19.4 Å². The molecule has 0 aliphatic carbocycles. The Labute approximate surface area is 161 Å². The van der Waals surface area contributed by atoms with Crippen LogP contribution in [0, 0.1) is 5.41 Å². The minimum absolute atomic E-state index is 0.0635. The van der Waals surface area contributed by atoms with Crippen LogP contribution in [0.1, 0.15) is 30.7 Å². The Balaban J connectivity index is 1.43. The largest absolute Gasteiger partial charge is 0.378 e. The lowest BCUT2D eigenvalue weighted by Crippen LogP contribution is -2.56. The van der Waals surface area contributed by atoms with E-state index in [4.69, 9.17) is 4.74 Å². The van der Waals surface area contributed by atoms with Crippen molar-refractivity contribution >= 4 is 11.9 Å². The van der Waals surface area contributed by atoms with Crippen LogP contribution in [0.4, 0.5) is 4.79 Å². The quantitative estimate of drug-likeness (QED) is 0.760. The number of carbonyl (C=O) groups is 2. The molecule has 1 spiro atoms. The lowest BCUT2D eigenvalue weighted by atomic mass is 9.68. The molecule has 0 N–H and O–H groups in total. The third-order valence-electron chi connectivity index (χ3n) is 6.46. The molecule has 1 aromatic rings. The number of benzene rings is 1. The van der Waals surface area contributed by atoms with Crippen LogP contribution in [0.5, 0.6) is 0 Å². The van der Waals surface area contributed by atoms with Gasteiger partial charge in [0.1, 0.15) is 0 Å². The van der Waals surface area contributed by atoms with E-state index in [9.17, 15) is 9.59 Å². The number of likely N-dealkylation sites (N-methyl/N-ethyl adjacent to an activating group) is 1. The summed E-state index contributed by atoms with van der Waals surface area (Å²) in [7, 11) is 1.92. The number of amides is 3. The number of hydrogen-bond acceptors (Lipinski definition) is 3. The van der Waals surface area contributed by atoms with Crippen molar-refractivity contribution in [3.8, 4) is 0 Å². The molecule has 6 nitrogen and oxygen atoms in total. The van der Waals surface area contributed by atoms with Crippen molar-refractivity contribution in [2.24, 2.45) is 5.41 Å². The summed E-state index contributed by atoms with van der Waals surface area (Å²) in [6.45, 7) is 5.00. The van der Waals surface area contributed by atoms with Gasteiger partial charge >= 0.3 is 6.03 Å². The Kier molecular flexibility index (Phi) is 5.08. The Morgan fingerprint density at radius 3 is 2.33 bits per heavy atom. The Hall–Kier alpha value is -2.08. The molecule has 146 valence electrons. The molecular formula is C21H29N3O3. The highest BCUT2D eigenvalue weighted by Crippen LogP contribution is 2.45. The SMILES string of the molecule is CN1CC2(CCN(C(=O)N3CCOCC3)CC2)C[C@@H](c2ccccc2)C1=O. The molecule has 0 bridgehead atoms. The van der Waals surface area contributed by atoms with Crippen molar-refractivity contribution < 1.29 is 14.3 Å². The Bertz CT molecular complexity index is 679. The van der Waals surface area contributed by atoms with Gasteiger partial charge in [-0.1, -0.05) is 30.3 Å². The summed E-state index contributed by atoms with van der Waals surface area (Å²) in [5.41, 5.74) is 1.23. The third-order valence-corrected chi connectivity index (χ3v) is 6.46. The van der Waals surface area contributed by atoms with E-state index in [1.165, 1.54) is 0 Å². The van der Waals surface area contributed by atoms with Gasteiger partial charge in [-0.3, -0.25) is 4.79 Å². The number of piperidine rings is 2. The van der Waals surface area contributed by atoms with Gasteiger partial charge in [-0.05, 0) is 30.2 Å². The van der Waals surface area contributed by atoms with E-state index in [-0.39, 0.29) is 23.3 Å². The first-order valence-electron chi connectivity index (χ1n) is 10.00. The smallest absolute Gasteiger partial charge is 0.320 e. The van der Waals surface area contributed by atoms with Crippen LogP contribution >= 0.6 is 0 Å². The zero-order chi connectivity index (χ0) is 18.9. The van der Waals surface area contributed by atoms with Gasteiger partial charge in [-0.15, -0.1) is 0 Å². The minimum atomic E-state index is -0.0635. The van der Waals surface area contributed by atoms with Gasteiger partial charge in [0, 0.05) is 39.8 Å². The van der Waals surface area contributed by atoms with E-state index in [0.29, 0.717) is 26.3 Å². The van der Waals surface area contributed by atoms with E-state index in [0.717, 1.165) is 44.5 Å². The first-order valence-corrected chi connectivity index (χ1v) is 10.00. The van der Waals surface area contributed by atoms with Gasteiger partial charge in [0.05, 0.1) is 19.1 Å². The maximum atomic E-state index is 12.8. The molecule has 27 heavy (non-hydrogen) atoms. The monoisotopic (exact) mass is 371 g/mol. The van der Waals surface area contributed by atoms with Crippen LogP contribution in [0.25, 0.3) is 0 Å². The Morgan fingerprint density at radius 1 is 1.04 bits per heavy atom. The normalized spacial score (nSPS) is 25.7. The summed E-state index contributed by atoms with van der Waals surface area (Å²) in [5.74, 6) is 0.157. The average molecular weight is 371 g/mol. The summed E-state index contributed by atoms with van der Waals surface area (Å²) in [5, 5.41) is 0. The maximum absolute atomic E-state index is 12.8. The molecule has 0 unspecified atom stereocenters. The predicted molar refractivity (Wildman–Crippen MR) is 102 cm³/mol. The highest BCUT2D eigenvalue weighted by Gasteiger charge is 2.45. The zero-order valence-corrected chi connectivity index (χ0v) is 16.1. The van der Waals surface area contributed by atoms with E-state index >= 15 is 0 Å². The van der Waals surface area contributed by atoms with E-state index in [1.807, 2.05) is 39.9 Å². The van der Waals surface area contributed by atoms with Gasteiger partial charge in [0.2, 0.25) is 5.91 Å². The second kappa shape index (κ2) is 7.50. The summed E-state index contributed by atoms with van der Waals surface area (Å²) < 4.78 is 5.35. The number of urea groups is 1. The summed E-state index contributed by atoms with van der Waals surface area (Å²) in [4.78, 5) is 31.3.